The highest BCUT2D eigenvalue weighted by Crippen LogP contribution is 2.35. The van der Waals surface area contributed by atoms with Crippen LogP contribution >= 0.6 is 11.5 Å². The molecule has 1 aliphatic carbocycles. The second kappa shape index (κ2) is 10.7. The fourth-order valence-corrected chi connectivity index (χ4v) is 5.24. The lowest BCUT2D eigenvalue weighted by molar-refractivity contribution is -0.126. The molecule has 0 aliphatic heterocycles. The van der Waals surface area contributed by atoms with Gasteiger partial charge in [0.05, 0.1) is 5.69 Å². The number of anilines is 1. The van der Waals surface area contributed by atoms with Gasteiger partial charge in [0.15, 0.2) is 5.69 Å². The van der Waals surface area contributed by atoms with Crippen molar-refractivity contribution in [2.45, 2.75) is 51.2 Å². The van der Waals surface area contributed by atoms with E-state index in [0.717, 1.165) is 48.3 Å². The van der Waals surface area contributed by atoms with Crippen LogP contribution in [0, 0.1) is 6.92 Å². The Morgan fingerprint density at radius 3 is 2.34 bits per heavy atom. The van der Waals surface area contributed by atoms with Crippen molar-refractivity contribution in [2.75, 3.05) is 5.73 Å². The second-order valence-corrected chi connectivity index (χ2v) is 9.58. The molecule has 1 aliphatic rings. The van der Waals surface area contributed by atoms with E-state index >= 15 is 0 Å². The highest BCUT2D eigenvalue weighted by molar-refractivity contribution is 7.09. The third-order valence-electron chi connectivity index (χ3n) is 6.34. The van der Waals surface area contributed by atoms with Gasteiger partial charge in [-0.05, 0) is 42.4 Å². The topological polar surface area (TPSA) is 131 Å². The molecule has 0 spiro atoms. The largest absolute Gasteiger partial charge is 0.395 e. The predicted molar refractivity (Wildman–Crippen MR) is 136 cm³/mol. The van der Waals surface area contributed by atoms with Gasteiger partial charge in [-0.1, -0.05) is 73.0 Å². The number of carbonyl (C=O) groups is 3. The highest BCUT2D eigenvalue weighted by atomic mass is 32.1. The van der Waals surface area contributed by atoms with Crippen molar-refractivity contribution in [1.29, 1.82) is 0 Å². The number of nitrogens with zero attached hydrogens (tertiary/aromatic N) is 2. The molecule has 1 fully saturated rings. The molecule has 3 aromatic rings. The second-order valence-electron chi connectivity index (χ2n) is 8.81. The van der Waals surface area contributed by atoms with Gasteiger partial charge in [-0.2, -0.15) is 4.37 Å². The molecule has 1 atom stereocenters. The molecule has 4 rings (SSSR count). The number of primary amides is 1. The first-order valence-electron chi connectivity index (χ1n) is 11.6. The number of nitrogens with two attached hydrogens (primary N) is 2. The van der Waals surface area contributed by atoms with Gasteiger partial charge in [0.25, 0.3) is 11.8 Å². The molecule has 1 saturated carbocycles. The van der Waals surface area contributed by atoms with Crippen LogP contribution in [-0.4, -0.2) is 33.0 Å². The van der Waals surface area contributed by atoms with Crippen LogP contribution in [0.25, 0.3) is 0 Å². The number of nitrogen functional groups attached to an aromatic ring is 1. The number of rotatable bonds is 8. The van der Waals surface area contributed by atoms with Crippen molar-refractivity contribution in [3.63, 3.8) is 0 Å². The molecule has 5 N–H and O–H groups in total. The van der Waals surface area contributed by atoms with E-state index in [-0.39, 0.29) is 28.2 Å². The summed E-state index contributed by atoms with van der Waals surface area (Å²) >= 11 is 0.838. The number of amides is 3. The van der Waals surface area contributed by atoms with E-state index in [0.29, 0.717) is 12.1 Å². The number of hydrogen-bond donors (Lipinski definition) is 3. The van der Waals surface area contributed by atoms with Gasteiger partial charge < -0.3 is 21.7 Å². The lowest BCUT2D eigenvalue weighted by Gasteiger charge is -2.36. The number of aromatic nitrogens is 1. The van der Waals surface area contributed by atoms with Crippen LogP contribution in [0.1, 0.15) is 68.6 Å². The smallest absolute Gasteiger partial charge is 0.270 e. The number of benzene rings is 2. The summed E-state index contributed by atoms with van der Waals surface area (Å²) in [5, 5.41) is 3.01. The van der Waals surface area contributed by atoms with E-state index in [1.807, 2.05) is 61.5 Å². The maximum atomic E-state index is 13.9. The van der Waals surface area contributed by atoms with Crippen LogP contribution in [0.4, 0.5) is 5.69 Å². The summed E-state index contributed by atoms with van der Waals surface area (Å²) in [5.74, 6) is -1.49. The highest BCUT2D eigenvalue weighted by Gasteiger charge is 2.39. The SMILES string of the molecule is Cc1ccc([C@@H](C(=O)NCc2ccccc2)N(C(=O)c2snc(C(N)=O)c2N)C2CCCC2)cc1. The molecule has 182 valence electrons. The zero-order valence-corrected chi connectivity index (χ0v) is 20.4. The first-order valence-corrected chi connectivity index (χ1v) is 12.4. The maximum absolute atomic E-state index is 13.9. The van der Waals surface area contributed by atoms with Crippen molar-refractivity contribution in [3.05, 3.63) is 81.9 Å². The minimum atomic E-state index is -0.867. The van der Waals surface area contributed by atoms with Gasteiger partial charge in [0.2, 0.25) is 5.91 Å². The van der Waals surface area contributed by atoms with E-state index in [1.54, 1.807) is 4.90 Å². The Kier molecular flexibility index (Phi) is 7.45. The Bertz CT molecular complexity index is 1200. The minimum absolute atomic E-state index is 0.0390. The first-order chi connectivity index (χ1) is 16.9. The summed E-state index contributed by atoms with van der Waals surface area (Å²) in [4.78, 5) is 41.1. The van der Waals surface area contributed by atoms with E-state index in [1.165, 1.54) is 0 Å². The molecule has 2 aromatic carbocycles. The number of hydrogen-bond acceptors (Lipinski definition) is 6. The minimum Gasteiger partial charge on any atom is -0.395 e. The summed E-state index contributed by atoms with van der Waals surface area (Å²) in [6, 6.07) is 16.2. The molecular formula is C26H29N5O3S. The van der Waals surface area contributed by atoms with Crippen LogP contribution in [-0.2, 0) is 11.3 Å². The van der Waals surface area contributed by atoms with Gasteiger partial charge in [-0.3, -0.25) is 14.4 Å². The fraction of sp³-hybridized carbons (Fsp3) is 0.308. The Hall–Kier alpha value is -3.72. The molecule has 0 unspecified atom stereocenters. The summed E-state index contributed by atoms with van der Waals surface area (Å²) in [6.07, 6.45) is 3.49. The van der Waals surface area contributed by atoms with Gasteiger partial charge >= 0.3 is 0 Å². The van der Waals surface area contributed by atoms with Crippen LogP contribution < -0.4 is 16.8 Å². The molecule has 1 heterocycles. The molecule has 35 heavy (non-hydrogen) atoms. The van der Waals surface area contributed by atoms with Gasteiger partial charge in [0, 0.05) is 12.6 Å². The normalized spacial score (nSPS) is 14.4. The third kappa shape index (κ3) is 5.35. The molecule has 9 heteroatoms. The maximum Gasteiger partial charge on any atom is 0.270 e. The molecule has 0 radical (unpaired) electrons. The molecule has 0 saturated heterocycles. The van der Waals surface area contributed by atoms with Gasteiger partial charge in [-0.25, -0.2) is 0 Å². The van der Waals surface area contributed by atoms with Crippen molar-refractivity contribution < 1.29 is 14.4 Å². The van der Waals surface area contributed by atoms with Crippen LogP contribution in [0.3, 0.4) is 0 Å². The Morgan fingerprint density at radius 2 is 1.74 bits per heavy atom. The molecule has 3 amide bonds. The van der Waals surface area contributed by atoms with Crippen molar-refractivity contribution in [1.82, 2.24) is 14.6 Å². The molecule has 8 nitrogen and oxygen atoms in total. The predicted octanol–water partition coefficient (Wildman–Crippen LogP) is 3.58. The van der Waals surface area contributed by atoms with Gasteiger partial charge in [0.1, 0.15) is 10.9 Å². The fourth-order valence-electron chi connectivity index (χ4n) is 4.49. The standard InChI is InChI=1S/C26H29N5O3S/c1-16-11-13-18(14-12-16)22(25(33)29-15-17-7-3-2-4-8-17)31(19-9-5-6-10-19)26(34)23-20(27)21(24(28)32)30-35-23/h2-4,7-8,11-14,19,22H,5-6,9-10,15,27H2,1H3,(H2,28,32)(H,29,33)/t22-/m0/s1. The Labute approximate surface area is 208 Å². The summed E-state index contributed by atoms with van der Waals surface area (Å²) in [7, 11) is 0. The Balaban J connectivity index is 1.74. The summed E-state index contributed by atoms with van der Waals surface area (Å²) in [5.41, 5.74) is 14.0. The summed E-state index contributed by atoms with van der Waals surface area (Å²) < 4.78 is 4.00. The van der Waals surface area contributed by atoms with Gasteiger partial charge in [-0.15, -0.1) is 0 Å². The summed E-state index contributed by atoms with van der Waals surface area (Å²) in [6.45, 7) is 2.31. The number of aryl methyl sites for hydroxylation is 1. The quantitative estimate of drug-likeness (QED) is 0.443. The van der Waals surface area contributed by atoms with Crippen LogP contribution in [0.2, 0.25) is 0 Å². The number of carbonyl (C=O) groups excluding carboxylic acids is 3. The monoisotopic (exact) mass is 491 g/mol. The lowest BCUT2D eigenvalue weighted by atomic mass is 9.99. The van der Waals surface area contributed by atoms with Crippen molar-refractivity contribution in [3.8, 4) is 0 Å². The average molecular weight is 492 g/mol. The Morgan fingerprint density at radius 1 is 1.09 bits per heavy atom. The van der Waals surface area contributed by atoms with E-state index in [4.69, 9.17) is 11.5 Å². The zero-order chi connectivity index (χ0) is 24.9. The van der Waals surface area contributed by atoms with E-state index < -0.39 is 17.9 Å². The zero-order valence-electron chi connectivity index (χ0n) is 19.6. The van der Waals surface area contributed by atoms with Crippen molar-refractivity contribution in [2.24, 2.45) is 5.73 Å². The number of nitrogens with one attached hydrogen (secondary N) is 1. The first kappa shape index (κ1) is 24.4. The van der Waals surface area contributed by atoms with E-state index in [9.17, 15) is 14.4 Å². The molecular weight excluding hydrogens is 462 g/mol. The van der Waals surface area contributed by atoms with Crippen molar-refractivity contribution >= 4 is 34.9 Å². The van der Waals surface area contributed by atoms with Crippen LogP contribution in [0.5, 0.6) is 0 Å². The molecule has 0 bridgehead atoms. The average Bonchev–Trinajstić information content (AvgIpc) is 3.52. The van der Waals surface area contributed by atoms with E-state index in [2.05, 4.69) is 9.69 Å². The molecule has 1 aromatic heterocycles. The lowest BCUT2D eigenvalue weighted by Crippen LogP contribution is -2.48. The van der Waals surface area contributed by atoms with Crippen LogP contribution in [0.15, 0.2) is 54.6 Å². The third-order valence-corrected chi connectivity index (χ3v) is 7.19.